The molecule has 0 saturated heterocycles. The summed E-state index contributed by atoms with van der Waals surface area (Å²) in [5.74, 6) is -1.65. The van der Waals surface area contributed by atoms with E-state index in [0.717, 1.165) is 5.56 Å². The van der Waals surface area contributed by atoms with Crippen molar-refractivity contribution < 1.29 is 14.7 Å². The van der Waals surface area contributed by atoms with Crippen LogP contribution in [0.15, 0.2) is 48.9 Å². The van der Waals surface area contributed by atoms with Crippen molar-refractivity contribution in [2.24, 2.45) is 0 Å². The molecule has 20 heavy (non-hydrogen) atoms. The van der Waals surface area contributed by atoms with E-state index in [1.807, 2.05) is 30.3 Å². The van der Waals surface area contributed by atoms with Crippen LogP contribution in [0.3, 0.4) is 0 Å². The molecule has 0 saturated carbocycles. The van der Waals surface area contributed by atoms with Crippen molar-refractivity contribution in [2.75, 3.05) is 0 Å². The average Bonchev–Trinajstić information content (AvgIpc) is 2.48. The number of rotatable bonds is 5. The molecular weight excluding hydrogens is 258 g/mol. The molecular formula is C14H13N3O3. The average molecular weight is 271 g/mol. The SMILES string of the molecule is O=C(N[C@@H](Cc1ccccc1)C(=O)O)c1cnccn1. The van der Waals surface area contributed by atoms with E-state index in [0.29, 0.717) is 0 Å². The van der Waals surface area contributed by atoms with Gasteiger partial charge in [0.05, 0.1) is 6.20 Å². The fraction of sp³-hybridized carbons (Fsp3) is 0.143. The number of amides is 1. The van der Waals surface area contributed by atoms with Crippen LogP contribution in [0.2, 0.25) is 0 Å². The molecule has 0 bridgehead atoms. The first kappa shape index (κ1) is 13.7. The maximum Gasteiger partial charge on any atom is 0.326 e. The predicted octanol–water partition coefficient (Wildman–Crippen LogP) is 0.902. The first-order chi connectivity index (χ1) is 9.66. The highest BCUT2D eigenvalue weighted by Crippen LogP contribution is 2.04. The molecule has 2 aromatic rings. The molecule has 1 atom stereocenters. The Kier molecular flexibility index (Phi) is 4.39. The van der Waals surface area contributed by atoms with E-state index in [2.05, 4.69) is 15.3 Å². The van der Waals surface area contributed by atoms with E-state index in [4.69, 9.17) is 0 Å². The Labute approximate surface area is 115 Å². The third-order valence-corrected chi connectivity index (χ3v) is 2.68. The fourth-order valence-corrected chi connectivity index (χ4v) is 1.70. The van der Waals surface area contributed by atoms with Crippen LogP contribution in [-0.4, -0.2) is 33.0 Å². The first-order valence-corrected chi connectivity index (χ1v) is 6.00. The number of carboxylic acids is 1. The summed E-state index contributed by atoms with van der Waals surface area (Å²) in [6, 6.07) is 8.09. The van der Waals surface area contributed by atoms with Crippen LogP contribution < -0.4 is 5.32 Å². The highest BCUT2D eigenvalue weighted by atomic mass is 16.4. The van der Waals surface area contributed by atoms with Crippen LogP contribution in [0.4, 0.5) is 0 Å². The monoisotopic (exact) mass is 271 g/mol. The lowest BCUT2D eigenvalue weighted by Crippen LogP contribution is -2.42. The predicted molar refractivity (Wildman–Crippen MR) is 71.1 cm³/mol. The molecule has 0 unspecified atom stereocenters. The third kappa shape index (κ3) is 3.61. The van der Waals surface area contributed by atoms with Gasteiger partial charge >= 0.3 is 5.97 Å². The van der Waals surface area contributed by atoms with Crippen molar-refractivity contribution in [1.82, 2.24) is 15.3 Å². The van der Waals surface area contributed by atoms with Gasteiger partial charge in [-0.3, -0.25) is 9.78 Å². The zero-order valence-electron chi connectivity index (χ0n) is 10.6. The van der Waals surface area contributed by atoms with Crippen molar-refractivity contribution in [3.63, 3.8) is 0 Å². The highest BCUT2D eigenvalue weighted by molar-refractivity contribution is 5.94. The number of nitrogens with one attached hydrogen (secondary N) is 1. The second-order valence-corrected chi connectivity index (χ2v) is 4.14. The van der Waals surface area contributed by atoms with E-state index < -0.39 is 17.9 Å². The van der Waals surface area contributed by atoms with Gasteiger partial charge in [-0.15, -0.1) is 0 Å². The lowest BCUT2D eigenvalue weighted by Gasteiger charge is -2.14. The standard InChI is InChI=1S/C14H13N3O3/c18-13(12-9-15-6-7-16-12)17-11(14(19)20)8-10-4-2-1-3-5-10/h1-7,9,11H,8H2,(H,17,18)(H,19,20)/t11-/m0/s1. The van der Waals surface area contributed by atoms with E-state index in [1.165, 1.54) is 18.6 Å². The van der Waals surface area contributed by atoms with Crippen molar-refractivity contribution in [2.45, 2.75) is 12.5 Å². The normalized spacial score (nSPS) is 11.6. The second-order valence-electron chi connectivity index (χ2n) is 4.14. The Balaban J connectivity index is 2.07. The zero-order valence-corrected chi connectivity index (χ0v) is 10.6. The van der Waals surface area contributed by atoms with Gasteiger partial charge in [0.2, 0.25) is 0 Å². The zero-order chi connectivity index (χ0) is 14.4. The summed E-state index contributed by atoms with van der Waals surface area (Å²) in [5, 5.41) is 11.6. The van der Waals surface area contributed by atoms with Gasteiger partial charge in [0.15, 0.2) is 0 Å². The number of aliphatic carboxylic acids is 1. The minimum atomic E-state index is -1.09. The summed E-state index contributed by atoms with van der Waals surface area (Å²) in [6.07, 6.45) is 4.32. The van der Waals surface area contributed by atoms with Gasteiger partial charge in [-0.05, 0) is 5.56 Å². The molecule has 102 valence electrons. The summed E-state index contributed by atoms with van der Waals surface area (Å²) in [7, 11) is 0. The highest BCUT2D eigenvalue weighted by Gasteiger charge is 2.21. The summed E-state index contributed by atoms with van der Waals surface area (Å²) < 4.78 is 0. The van der Waals surface area contributed by atoms with E-state index in [1.54, 1.807) is 0 Å². The molecule has 1 aromatic carbocycles. The molecule has 0 fully saturated rings. The Morgan fingerprint density at radius 2 is 1.95 bits per heavy atom. The van der Waals surface area contributed by atoms with Gasteiger partial charge in [0.25, 0.3) is 5.91 Å². The van der Waals surface area contributed by atoms with Crippen LogP contribution in [-0.2, 0) is 11.2 Å². The van der Waals surface area contributed by atoms with Crippen LogP contribution >= 0.6 is 0 Å². The van der Waals surface area contributed by atoms with Gasteiger partial charge in [-0.2, -0.15) is 0 Å². The van der Waals surface area contributed by atoms with E-state index >= 15 is 0 Å². The van der Waals surface area contributed by atoms with Crippen LogP contribution in [0.5, 0.6) is 0 Å². The van der Waals surface area contributed by atoms with Crippen molar-refractivity contribution in [3.8, 4) is 0 Å². The maximum absolute atomic E-state index is 11.9. The smallest absolute Gasteiger partial charge is 0.326 e. The number of hydrogen-bond acceptors (Lipinski definition) is 4. The van der Waals surface area contributed by atoms with Crippen molar-refractivity contribution in [3.05, 3.63) is 60.2 Å². The summed E-state index contributed by atoms with van der Waals surface area (Å²) >= 11 is 0. The molecule has 1 amide bonds. The molecule has 6 nitrogen and oxygen atoms in total. The van der Waals surface area contributed by atoms with Gasteiger partial charge in [0, 0.05) is 18.8 Å². The second kappa shape index (κ2) is 6.42. The van der Waals surface area contributed by atoms with Crippen molar-refractivity contribution in [1.29, 1.82) is 0 Å². The molecule has 0 radical (unpaired) electrons. The molecule has 1 heterocycles. The number of benzene rings is 1. The molecule has 2 N–H and O–H groups in total. The number of nitrogens with zero attached hydrogens (tertiary/aromatic N) is 2. The molecule has 6 heteroatoms. The summed E-state index contributed by atoms with van der Waals surface area (Å²) in [6.45, 7) is 0. The van der Waals surface area contributed by atoms with Crippen molar-refractivity contribution >= 4 is 11.9 Å². The minimum absolute atomic E-state index is 0.0896. The largest absolute Gasteiger partial charge is 0.480 e. The van der Waals surface area contributed by atoms with Crippen LogP contribution in [0.25, 0.3) is 0 Å². The van der Waals surface area contributed by atoms with Gasteiger partial charge < -0.3 is 10.4 Å². The minimum Gasteiger partial charge on any atom is -0.480 e. The molecule has 0 aliphatic rings. The maximum atomic E-state index is 11.9. The molecule has 0 spiro atoms. The number of carboxylic acid groups (broad SMARTS) is 1. The quantitative estimate of drug-likeness (QED) is 0.843. The molecule has 0 aliphatic heterocycles. The lowest BCUT2D eigenvalue weighted by atomic mass is 10.1. The topological polar surface area (TPSA) is 92.2 Å². The summed E-state index contributed by atoms with van der Waals surface area (Å²) in [4.78, 5) is 30.7. The molecule has 1 aromatic heterocycles. The lowest BCUT2D eigenvalue weighted by molar-refractivity contribution is -0.139. The Hall–Kier alpha value is -2.76. The van der Waals surface area contributed by atoms with E-state index in [-0.39, 0.29) is 12.1 Å². The Bertz CT molecular complexity index is 587. The van der Waals surface area contributed by atoms with Gasteiger partial charge in [0.1, 0.15) is 11.7 Å². The molecule has 0 aliphatic carbocycles. The number of carbonyl (C=O) groups excluding carboxylic acids is 1. The van der Waals surface area contributed by atoms with E-state index in [9.17, 15) is 14.7 Å². The third-order valence-electron chi connectivity index (χ3n) is 2.68. The fourth-order valence-electron chi connectivity index (χ4n) is 1.70. The Morgan fingerprint density at radius 1 is 1.20 bits per heavy atom. The molecule has 2 rings (SSSR count). The van der Waals surface area contributed by atoms with Gasteiger partial charge in [-0.1, -0.05) is 30.3 Å². The number of aromatic nitrogens is 2. The van der Waals surface area contributed by atoms with Crippen LogP contribution in [0.1, 0.15) is 16.1 Å². The number of hydrogen-bond donors (Lipinski definition) is 2. The first-order valence-electron chi connectivity index (χ1n) is 6.00. The Morgan fingerprint density at radius 3 is 2.55 bits per heavy atom. The summed E-state index contributed by atoms with van der Waals surface area (Å²) in [5.41, 5.74) is 0.922. The van der Waals surface area contributed by atoms with Crippen LogP contribution in [0, 0.1) is 0 Å². The van der Waals surface area contributed by atoms with Gasteiger partial charge in [-0.25, -0.2) is 9.78 Å². The number of carbonyl (C=O) groups is 2.